The van der Waals surface area contributed by atoms with E-state index >= 15 is 0 Å². The van der Waals surface area contributed by atoms with Crippen LogP contribution in [-0.2, 0) is 20.1 Å². The Morgan fingerprint density at radius 1 is 1.23 bits per heavy atom. The van der Waals surface area contributed by atoms with Crippen molar-refractivity contribution in [2.24, 2.45) is 12.0 Å². The van der Waals surface area contributed by atoms with E-state index < -0.39 is 0 Å². The van der Waals surface area contributed by atoms with Crippen LogP contribution in [0.5, 0.6) is 0 Å². The van der Waals surface area contributed by atoms with Crippen LogP contribution in [-0.4, -0.2) is 46.3 Å². The molecule has 2 aromatic rings. The molecule has 1 aromatic heterocycles. The fraction of sp³-hybridized carbons (Fsp3) is 0.500. The molecule has 3 rings (SSSR count). The summed E-state index contributed by atoms with van der Waals surface area (Å²) < 4.78 is 1.87. The molecule has 6 nitrogen and oxygen atoms in total. The lowest BCUT2D eigenvalue weighted by Gasteiger charge is -2.25. The zero-order valence-corrected chi connectivity index (χ0v) is 15.9. The van der Waals surface area contributed by atoms with E-state index in [4.69, 9.17) is 4.99 Å². The minimum absolute atomic E-state index is 0.552. The van der Waals surface area contributed by atoms with Crippen LogP contribution in [0.3, 0.4) is 0 Å². The van der Waals surface area contributed by atoms with E-state index in [1.807, 2.05) is 24.0 Å². The molecule has 1 aliphatic heterocycles. The summed E-state index contributed by atoms with van der Waals surface area (Å²) in [5, 5.41) is 11.1. The van der Waals surface area contributed by atoms with Crippen molar-refractivity contribution in [2.75, 3.05) is 19.6 Å². The number of aromatic nitrogens is 2. The van der Waals surface area contributed by atoms with Gasteiger partial charge in [0.25, 0.3) is 0 Å². The summed E-state index contributed by atoms with van der Waals surface area (Å²) in [6, 6.07) is 13.3. The van der Waals surface area contributed by atoms with Crippen molar-refractivity contribution in [3.05, 3.63) is 53.9 Å². The van der Waals surface area contributed by atoms with E-state index in [2.05, 4.69) is 57.9 Å². The van der Waals surface area contributed by atoms with E-state index in [0.29, 0.717) is 12.6 Å². The summed E-state index contributed by atoms with van der Waals surface area (Å²) in [5.41, 5.74) is 2.49. The van der Waals surface area contributed by atoms with Gasteiger partial charge in [0.05, 0.1) is 12.2 Å². The van der Waals surface area contributed by atoms with Crippen molar-refractivity contribution in [2.45, 2.75) is 38.9 Å². The average Bonchev–Trinajstić information content (AvgIpc) is 3.27. The number of guanidine groups is 1. The molecule has 6 heteroatoms. The Labute approximate surface area is 156 Å². The molecule has 1 atom stereocenters. The van der Waals surface area contributed by atoms with Gasteiger partial charge in [0, 0.05) is 38.9 Å². The number of hydrogen-bond donors (Lipinski definition) is 2. The molecule has 1 aliphatic rings. The maximum atomic E-state index is 4.70. The van der Waals surface area contributed by atoms with Gasteiger partial charge in [-0.25, -0.2) is 4.99 Å². The van der Waals surface area contributed by atoms with Crippen molar-refractivity contribution in [3.63, 3.8) is 0 Å². The summed E-state index contributed by atoms with van der Waals surface area (Å²) in [7, 11) is 1.95. The Morgan fingerprint density at radius 2 is 2.08 bits per heavy atom. The molecule has 1 unspecified atom stereocenters. The van der Waals surface area contributed by atoms with Gasteiger partial charge in [-0.1, -0.05) is 30.3 Å². The molecule has 26 heavy (non-hydrogen) atoms. The zero-order chi connectivity index (χ0) is 18.2. The molecule has 0 bridgehead atoms. The lowest BCUT2D eigenvalue weighted by Crippen LogP contribution is -2.44. The van der Waals surface area contributed by atoms with Crippen molar-refractivity contribution in [3.8, 4) is 0 Å². The van der Waals surface area contributed by atoms with Gasteiger partial charge >= 0.3 is 0 Å². The molecule has 0 amide bonds. The Morgan fingerprint density at radius 3 is 2.81 bits per heavy atom. The first-order valence-corrected chi connectivity index (χ1v) is 9.53. The van der Waals surface area contributed by atoms with Gasteiger partial charge in [-0.15, -0.1) is 0 Å². The Hall–Kier alpha value is -2.34. The Bertz CT molecular complexity index is 693. The fourth-order valence-corrected chi connectivity index (χ4v) is 3.43. The summed E-state index contributed by atoms with van der Waals surface area (Å²) in [4.78, 5) is 7.28. The topological polar surface area (TPSA) is 57.5 Å². The smallest absolute Gasteiger partial charge is 0.191 e. The normalized spacial score (nSPS) is 18.2. The average molecular weight is 355 g/mol. The highest BCUT2D eigenvalue weighted by Crippen LogP contribution is 2.19. The monoisotopic (exact) mass is 354 g/mol. The van der Waals surface area contributed by atoms with Crippen LogP contribution in [0.1, 0.15) is 31.0 Å². The second kappa shape index (κ2) is 9.38. The molecular formula is C20H30N6. The molecule has 2 N–H and O–H groups in total. The highest BCUT2D eigenvalue weighted by atomic mass is 15.3. The quantitative estimate of drug-likeness (QED) is 0.591. The second-order valence-corrected chi connectivity index (χ2v) is 6.77. The molecule has 2 heterocycles. The molecule has 1 fully saturated rings. The molecule has 140 valence electrons. The number of aliphatic imine (C=N–C) groups is 1. The number of hydrogen-bond acceptors (Lipinski definition) is 3. The van der Waals surface area contributed by atoms with E-state index in [1.165, 1.54) is 24.9 Å². The minimum Gasteiger partial charge on any atom is -0.357 e. The van der Waals surface area contributed by atoms with Crippen LogP contribution >= 0.6 is 0 Å². The zero-order valence-electron chi connectivity index (χ0n) is 15.9. The molecule has 1 saturated heterocycles. The predicted octanol–water partition coefficient (Wildman–Crippen LogP) is 2.14. The Kier molecular flexibility index (Phi) is 6.66. The number of nitrogens with zero attached hydrogens (tertiary/aromatic N) is 4. The third-order valence-electron chi connectivity index (χ3n) is 4.90. The van der Waals surface area contributed by atoms with Gasteiger partial charge in [-0.3, -0.25) is 9.58 Å². The number of likely N-dealkylation sites (tertiary alicyclic amines) is 1. The number of benzene rings is 1. The summed E-state index contributed by atoms with van der Waals surface area (Å²) >= 11 is 0. The van der Waals surface area contributed by atoms with Crippen LogP contribution in [0.15, 0.2) is 47.6 Å². The molecule has 0 saturated carbocycles. The first-order valence-electron chi connectivity index (χ1n) is 9.53. The van der Waals surface area contributed by atoms with Crippen molar-refractivity contribution >= 4 is 5.96 Å². The highest BCUT2D eigenvalue weighted by molar-refractivity contribution is 5.79. The van der Waals surface area contributed by atoms with Crippen molar-refractivity contribution < 1.29 is 0 Å². The fourth-order valence-electron chi connectivity index (χ4n) is 3.43. The van der Waals surface area contributed by atoms with Crippen LogP contribution in [0.25, 0.3) is 0 Å². The molecular weight excluding hydrogens is 324 g/mol. The van der Waals surface area contributed by atoms with E-state index in [1.54, 1.807) is 0 Å². The molecule has 0 aliphatic carbocycles. The Balaban J connectivity index is 1.55. The van der Waals surface area contributed by atoms with Crippen LogP contribution in [0.2, 0.25) is 0 Å². The molecule has 0 spiro atoms. The van der Waals surface area contributed by atoms with Gasteiger partial charge in [0.2, 0.25) is 0 Å². The van der Waals surface area contributed by atoms with Gasteiger partial charge in [0.1, 0.15) is 0 Å². The predicted molar refractivity (Wildman–Crippen MR) is 106 cm³/mol. The van der Waals surface area contributed by atoms with Crippen LogP contribution < -0.4 is 10.6 Å². The maximum Gasteiger partial charge on any atom is 0.191 e. The highest BCUT2D eigenvalue weighted by Gasteiger charge is 2.24. The van der Waals surface area contributed by atoms with E-state index in [-0.39, 0.29) is 0 Å². The van der Waals surface area contributed by atoms with Gasteiger partial charge in [0.15, 0.2) is 5.96 Å². The van der Waals surface area contributed by atoms with Gasteiger partial charge in [-0.05, 0) is 37.9 Å². The maximum absolute atomic E-state index is 4.70. The molecule has 0 radical (unpaired) electrons. The lowest BCUT2D eigenvalue weighted by molar-refractivity contribution is 0.245. The van der Waals surface area contributed by atoms with Gasteiger partial charge < -0.3 is 10.6 Å². The molecule has 1 aromatic carbocycles. The first-order chi connectivity index (χ1) is 12.8. The summed E-state index contributed by atoms with van der Waals surface area (Å²) in [5.74, 6) is 0.875. The number of nitrogens with one attached hydrogen (secondary N) is 2. The SMILES string of the molecule is CCNC(=NCc1ccnn1C)NCC1CCCN1Cc1ccccc1. The second-order valence-electron chi connectivity index (χ2n) is 6.77. The third-order valence-corrected chi connectivity index (χ3v) is 4.90. The van der Waals surface area contributed by atoms with Crippen LogP contribution in [0, 0.1) is 0 Å². The van der Waals surface area contributed by atoms with E-state index in [0.717, 1.165) is 31.3 Å². The van der Waals surface area contributed by atoms with Gasteiger partial charge in [-0.2, -0.15) is 5.10 Å². The summed E-state index contributed by atoms with van der Waals surface area (Å²) in [6.07, 6.45) is 4.31. The van der Waals surface area contributed by atoms with Crippen LogP contribution in [0.4, 0.5) is 0 Å². The standard InChI is InChI=1S/C20H30N6/c1-3-21-20(22-14-18-11-12-24-25(18)2)23-15-19-10-7-13-26(19)16-17-8-5-4-6-9-17/h4-6,8-9,11-12,19H,3,7,10,13-16H2,1-2H3,(H2,21,22,23). The first kappa shape index (κ1) is 18.5. The third kappa shape index (κ3) is 5.08. The van der Waals surface area contributed by atoms with E-state index in [9.17, 15) is 0 Å². The minimum atomic E-state index is 0.552. The lowest BCUT2D eigenvalue weighted by atomic mass is 10.2. The van der Waals surface area contributed by atoms with Crippen molar-refractivity contribution in [1.29, 1.82) is 0 Å². The van der Waals surface area contributed by atoms with Crippen molar-refractivity contribution in [1.82, 2.24) is 25.3 Å². The largest absolute Gasteiger partial charge is 0.357 e. The number of rotatable bonds is 7. The summed E-state index contributed by atoms with van der Waals surface area (Å²) in [6.45, 7) is 6.70. The number of aryl methyl sites for hydroxylation is 1.